The van der Waals surface area contributed by atoms with E-state index in [1.807, 2.05) is 11.8 Å². The Balaban J connectivity index is 2.04. The van der Waals surface area contributed by atoms with Gasteiger partial charge >= 0.3 is 12.1 Å². The summed E-state index contributed by atoms with van der Waals surface area (Å²) in [6.45, 7) is 8.20. The van der Waals surface area contributed by atoms with Gasteiger partial charge in [-0.3, -0.25) is 4.90 Å². The number of aromatic nitrogens is 1. The summed E-state index contributed by atoms with van der Waals surface area (Å²) in [7, 11) is 0. The molecule has 0 saturated carbocycles. The lowest BCUT2D eigenvalue weighted by Crippen LogP contribution is -2.57. The van der Waals surface area contributed by atoms with Crippen LogP contribution in [0, 0.1) is 6.92 Å². The molecule has 2 N–H and O–H groups in total. The zero-order valence-electron chi connectivity index (χ0n) is 13.9. The normalized spacial score (nSPS) is 22.1. The van der Waals surface area contributed by atoms with Crippen molar-refractivity contribution in [1.82, 2.24) is 15.2 Å². The maximum Gasteiger partial charge on any atom is 0.408 e. The minimum atomic E-state index is -1.35. The van der Waals surface area contributed by atoms with Crippen molar-refractivity contribution in [2.75, 3.05) is 13.1 Å². The number of likely N-dealkylation sites (tertiary alicyclic amines) is 1. The van der Waals surface area contributed by atoms with E-state index >= 15 is 0 Å². The molecule has 1 aromatic rings. The highest BCUT2D eigenvalue weighted by atomic mass is 16.6. The number of carboxylic acids is 1. The van der Waals surface area contributed by atoms with E-state index in [1.54, 1.807) is 20.8 Å². The number of carboxylic acid groups (broad SMARTS) is 1. The summed E-state index contributed by atoms with van der Waals surface area (Å²) >= 11 is 0. The highest BCUT2D eigenvalue weighted by molar-refractivity contribution is 5.85. The molecule has 0 radical (unpaired) electrons. The molecule has 2 heterocycles. The molecule has 0 aromatic carbocycles. The molecule has 8 heteroatoms. The average molecular weight is 325 g/mol. The second kappa shape index (κ2) is 6.19. The van der Waals surface area contributed by atoms with E-state index in [2.05, 4.69) is 10.3 Å². The molecule has 1 aliphatic heterocycles. The maximum absolute atomic E-state index is 12.0. The predicted molar refractivity (Wildman–Crippen MR) is 80.9 cm³/mol. The third-order valence-electron chi connectivity index (χ3n) is 3.72. The van der Waals surface area contributed by atoms with Crippen molar-refractivity contribution in [1.29, 1.82) is 0 Å². The average Bonchev–Trinajstić information content (AvgIpc) is 2.96. The predicted octanol–water partition coefficient (Wildman–Crippen LogP) is 1.54. The molecule has 128 valence electrons. The molecule has 1 amide bonds. The summed E-state index contributed by atoms with van der Waals surface area (Å²) in [5.74, 6) is -0.360. The summed E-state index contributed by atoms with van der Waals surface area (Å²) in [6.07, 6.45) is 0.946. The zero-order valence-corrected chi connectivity index (χ0v) is 13.9. The van der Waals surface area contributed by atoms with Crippen molar-refractivity contribution in [2.45, 2.75) is 51.8 Å². The number of nitrogens with one attached hydrogen (secondary N) is 1. The largest absolute Gasteiger partial charge is 0.479 e. The van der Waals surface area contributed by atoms with Crippen molar-refractivity contribution in [2.24, 2.45) is 0 Å². The fraction of sp³-hybridized carbons (Fsp3) is 0.667. The summed E-state index contributed by atoms with van der Waals surface area (Å²) in [4.78, 5) is 29.7. The monoisotopic (exact) mass is 325 g/mol. The van der Waals surface area contributed by atoms with Crippen LogP contribution in [0.2, 0.25) is 0 Å². The lowest BCUT2D eigenvalue weighted by atomic mass is 9.99. The molecule has 0 spiro atoms. The van der Waals surface area contributed by atoms with Crippen LogP contribution in [0.4, 0.5) is 4.79 Å². The van der Waals surface area contributed by atoms with Crippen molar-refractivity contribution < 1.29 is 23.8 Å². The van der Waals surface area contributed by atoms with Crippen LogP contribution in [-0.4, -0.2) is 51.3 Å². The number of hydrogen-bond acceptors (Lipinski definition) is 6. The molecule has 8 nitrogen and oxygen atoms in total. The summed E-state index contributed by atoms with van der Waals surface area (Å²) < 4.78 is 10.3. The second-order valence-electron chi connectivity index (χ2n) is 6.83. The first-order chi connectivity index (χ1) is 10.6. The first-order valence-electron chi connectivity index (χ1n) is 7.47. The summed E-state index contributed by atoms with van der Waals surface area (Å²) in [5, 5.41) is 12.1. The van der Waals surface area contributed by atoms with E-state index in [4.69, 9.17) is 9.15 Å². The van der Waals surface area contributed by atoms with Crippen molar-refractivity contribution >= 4 is 12.1 Å². The Bertz CT molecular complexity index is 592. The Morgan fingerprint density at radius 3 is 2.74 bits per heavy atom. The lowest BCUT2D eigenvalue weighted by Gasteiger charge is -2.28. The summed E-state index contributed by atoms with van der Waals surface area (Å²) in [6, 6.07) is 0. The number of carbonyl (C=O) groups excluding carboxylic acids is 1. The molecule has 2 rings (SSSR count). The number of aryl methyl sites for hydroxylation is 1. The van der Waals surface area contributed by atoms with Gasteiger partial charge in [-0.25, -0.2) is 14.6 Å². The lowest BCUT2D eigenvalue weighted by molar-refractivity contribution is -0.144. The molecule has 23 heavy (non-hydrogen) atoms. The van der Waals surface area contributed by atoms with Gasteiger partial charge in [0, 0.05) is 19.6 Å². The van der Waals surface area contributed by atoms with Crippen molar-refractivity contribution in [3.63, 3.8) is 0 Å². The van der Waals surface area contributed by atoms with Gasteiger partial charge in [0.05, 0.1) is 5.69 Å². The number of amides is 1. The van der Waals surface area contributed by atoms with E-state index in [1.165, 1.54) is 6.39 Å². The van der Waals surface area contributed by atoms with Gasteiger partial charge in [0.15, 0.2) is 11.9 Å². The number of rotatable bonds is 4. The maximum atomic E-state index is 12.0. The van der Waals surface area contributed by atoms with Crippen LogP contribution >= 0.6 is 0 Å². The van der Waals surface area contributed by atoms with Gasteiger partial charge in [0.1, 0.15) is 11.4 Å². The molecule has 1 fully saturated rings. The van der Waals surface area contributed by atoms with E-state index in [0.29, 0.717) is 25.3 Å². The first-order valence-corrected chi connectivity index (χ1v) is 7.47. The number of hydrogen-bond donors (Lipinski definition) is 2. The van der Waals surface area contributed by atoms with Crippen LogP contribution in [0.15, 0.2) is 10.8 Å². The van der Waals surface area contributed by atoms with E-state index in [9.17, 15) is 14.7 Å². The van der Waals surface area contributed by atoms with Gasteiger partial charge < -0.3 is 19.6 Å². The van der Waals surface area contributed by atoms with Crippen LogP contribution in [-0.2, 0) is 16.1 Å². The second-order valence-corrected chi connectivity index (χ2v) is 6.83. The third kappa shape index (κ3) is 4.22. The highest BCUT2D eigenvalue weighted by Gasteiger charge is 2.47. The number of aliphatic carboxylic acids is 1. The molecule has 1 aliphatic rings. The van der Waals surface area contributed by atoms with E-state index in [0.717, 1.165) is 5.69 Å². The van der Waals surface area contributed by atoms with Gasteiger partial charge in [-0.15, -0.1) is 0 Å². The first kappa shape index (κ1) is 17.3. The summed E-state index contributed by atoms with van der Waals surface area (Å²) in [5.41, 5.74) is -1.26. The van der Waals surface area contributed by atoms with Crippen molar-refractivity contribution in [3.8, 4) is 0 Å². The van der Waals surface area contributed by atoms with Gasteiger partial charge in [-0.1, -0.05) is 0 Å². The van der Waals surface area contributed by atoms with Crippen molar-refractivity contribution in [3.05, 3.63) is 17.8 Å². The molecular formula is C15H23N3O5. The standard InChI is InChI=1S/C15H23N3O5/c1-10-11(16-9-22-10)7-18-6-5-15(8-18,12(19)20)17-13(21)23-14(2,3)4/h9H,5-8H2,1-4H3,(H,17,21)(H,19,20). The Kier molecular flexibility index (Phi) is 4.65. The van der Waals surface area contributed by atoms with Crippen LogP contribution in [0.5, 0.6) is 0 Å². The quantitative estimate of drug-likeness (QED) is 0.865. The smallest absolute Gasteiger partial charge is 0.408 e. The Labute approximate surface area is 134 Å². The fourth-order valence-electron chi connectivity index (χ4n) is 2.54. The number of alkyl carbamates (subject to hydrolysis) is 1. The number of carbonyl (C=O) groups is 2. The molecule has 1 aromatic heterocycles. The molecule has 0 aliphatic carbocycles. The van der Waals surface area contributed by atoms with Gasteiger partial charge in [-0.2, -0.15) is 0 Å². The number of nitrogens with zero attached hydrogens (tertiary/aromatic N) is 2. The topological polar surface area (TPSA) is 105 Å². The van der Waals surface area contributed by atoms with E-state index in [-0.39, 0.29) is 6.54 Å². The minimum absolute atomic E-state index is 0.188. The van der Waals surface area contributed by atoms with Gasteiger partial charge in [-0.05, 0) is 34.1 Å². The molecule has 1 saturated heterocycles. The van der Waals surface area contributed by atoms with Crippen LogP contribution in [0.1, 0.15) is 38.6 Å². The van der Waals surface area contributed by atoms with Gasteiger partial charge in [0.25, 0.3) is 0 Å². The minimum Gasteiger partial charge on any atom is -0.479 e. The SMILES string of the molecule is Cc1ocnc1CN1CCC(NC(=O)OC(C)(C)C)(C(=O)O)C1. The third-order valence-corrected chi connectivity index (χ3v) is 3.72. The molecule has 0 bridgehead atoms. The van der Waals surface area contributed by atoms with Crippen LogP contribution in [0.3, 0.4) is 0 Å². The van der Waals surface area contributed by atoms with Crippen LogP contribution in [0.25, 0.3) is 0 Å². The Morgan fingerprint density at radius 1 is 1.52 bits per heavy atom. The Morgan fingerprint density at radius 2 is 2.22 bits per heavy atom. The number of oxazole rings is 1. The molecule has 1 unspecified atom stereocenters. The fourth-order valence-corrected chi connectivity index (χ4v) is 2.54. The van der Waals surface area contributed by atoms with Crippen LogP contribution < -0.4 is 5.32 Å². The zero-order chi connectivity index (χ0) is 17.3. The molecular weight excluding hydrogens is 302 g/mol. The molecule has 1 atom stereocenters. The highest BCUT2D eigenvalue weighted by Crippen LogP contribution is 2.24. The number of ether oxygens (including phenoxy) is 1. The Hall–Kier alpha value is -2.09. The van der Waals surface area contributed by atoms with E-state index < -0.39 is 23.2 Å². The van der Waals surface area contributed by atoms with Gasteiger partial charge in [0.2, 0.25) is 0 Å².